The van der Waals surface area contributed by atoms with Crippen LogP contribution in [0.2, 0.25) is 0 Å². The zero-order valence-electron chi connectivity index (χ0n) is 10.6. The number of carbonyl (C=O) groups is 1. The number of aryl methyl sites for hydroxylation is 1. The Bertz CT molecular complexity index is 562. The summed E-state index contributed by atoms with van der Waals surface area (Å²) in [6.45, 7) is 2.47. The topological polar surface area (TPSA) is 58.4 Å². The second kappa shape index (κ2) is 5.18. The van der Waals surface area contributed by atoms with E-state index in [1.807, 2.05) is 35.8 Å². The van der Waals surface area contributed by atoms with Gasteiger partial charge >= 0.3 is 0 Å². The molecule has 1 amide bonds. The van der Waals surface area contributed by atoms with Gasteiger partial charge in [-0.2, -0.15) is 0 Å². The first kappa shape index (κ1) is 12.6. The van der Waals surface area contributed by atoms with Crippen molar-refractivity contribution in [1.29, 1.82) is 0 Å². The number of amides is 1. The summed E-state index contributed by atoms with van der Waals surface area (Å²) in [5, 5.41) is 8.82. The quantitative estimate of drug-likeness (QED) is 0.869. The number of para-hydroxylation sites is 2. The molecule has 0 saturated carbocycles. The van der Waals surface area contributed by atoms with Gasteiger partial charge in [-0.05, 0) is 19.1 Å². The summed E-state index contributed by atoms with van der Waals surface area (Å²) in [4.78, 5) is 17.9. The number of imidazole rings is 1. The van der Waals surface area contributed by atoms with Crippen molar-refractivity contribution >= 4 is 16.9 Å². The molecule has 0 bridgehead atoms. The minimum absolute atomic E-state index is 0.0219. The number of fused-ring (bicyclic) bond motifs is 1. The van der Waals surface area contributed by atoms with Gasteiger partial charge in [0.05, 0.1) is 17.6 Å². The van der Waals surface area contributed by atoms with Crippen molar-refractivity contribution in [1.82, 2.24) is 14.5 Å². The fourth-order valence-electron chi connectivity index (χ4n) is 1.93. The van der Waals surface area contributed by atoms with Crippen molar-refractivity contribution in [2.24, 2.45) is 0 Å². The van der Waals surface area contributed by atoms with Crippen LogP contribution in [0, 0.1) is 6.92 Å². The number of hydrogen-bond acceptors (Lipinski definition) is 3. The Morgan fingerprint density at radius 2 is 2.17 bits per heavy atom. The highest BCUT2D eigenvalue weighted by atomic mass is 16.3. The van der Waals surface area contributed by atoms with Crippen LogP contribution in [0.1, 0.15) is 5.82 Å². The van der Waals surface area contributed by atoms with Gasteiger partial charge in [-0.25, -0.2) is 4.98 Å². The molecule has 0 aliphatic carbocycles. The van der Waals surface area contributed by atoms with Crippen LogP contribution in [0.3, 0.4) is 0 Å². The van der Waals surface area contributed by atoms with Crippen molar-refractivity contribution < 1.29 is 9.90 Å². The molecule has 0 unspecified atom stereocenters. The van der Waals surface area contributed by atoms with Crippen molar-refractivity contribution in [3.05, 3.63) is 30.1 Å². The lowest BCUT2D eigenvalue weighted by atomic mass is 10.3. The van der Waals surface area contributed by atoms with Gasteiger partial charge in [0.15, 0.2) is 0 Å². The highest BCUT2D eigenvalue weighted by molar-refractivity contribution is 5.81. The van der Waals surface area contributed by atoms with Gasteiger partial charge in [0.1, 0.15) is 12.4 Å². The summed E-state index contributed by atoms with van der Waals surface area (Å²) >= 11 is 0. The Balaban J connectivity index is 2.26. The number of hydrogen-bond donors (Lipinski definition) is 1. The lowest BCUT2D eigenvalue weighted by molar-refractivity contribution is -0.130. The molecule has 0 spiro atoms. The molecule has 2 rings (SSSR count). The smallest absolute Gasteiger partial charge is 0.242 e. The van der Waals surface area contributed by atoms with E-state index in [0.717, 1.165) is 16.9 Å². The van der Waals surface area contributed by atoms with Crippen LogP contribution >= 0.6 is 0 Å². The predicted molar refractivity (Wildman–Crippen MR) is 69.2 cm³/mol. The third-order valence-corrected chi connectivity index (χ3v) is 3.00. The van der Waals surface area contributed by atoms with E-state index in [1.165, 1.54) is 4.90 Å². The lowest BCUT2D eigenvalue weighted by Crippen LogP contribution is -2.32. The number of carbonyl (C=O) groups excluding carboxylic acids is 1. The summed E-state index contributed by atoms with van der Waals surface area (Å²) in [6, 6.07) is 7.75. The van der Waals surface area contributed by atoms with Gasteiger partial charge in [-0.15, -0.1) is 0 Å². The second-order valence-electron chi connectivity index (χ2n) is 4.27. The third kappa shape index (κ3) is 2.36. The molecular formula is C13H17N3O2. The van der Waals surface area contributed by atoms with Gasteiger partial charge in [0.25, 0.3) is 0 Å². The Hall–Kier alpha value is -1.88. The standard InChI is InChI=1S/C13H17N3O2/c1-10-14-11-5-3-4-6-12(11)16(10)9-13(18)15(2)7-8-17/h3-6,17H,7-9H2,1-2H3. The van der Waals surface area contributed by atoms with Crippen LogP contribution in [0.15, 0.2) is 24.3 Å². The monoisotopic (exact) mass is 247 g/mol. The van der Waals surface area contributed by atoms with Crippen LogP contribution in [-0.2, 0) is 11.3 Å². The summed E-state index contributed by atoms with van der Waals surface area (Å²) < 4.78 is 1.89. The first-order valence-electron chi connectivity index (χ1n) is 5.90. The van der Waals surface area contributed by atoms with E-state index in [0.29, 0.717) is 6.54 Å². The molecule has 1 heterocycles. The van der Waals surface area contributed by atoms with E-state index in [1.54, 1.807) is 7.05 Å². The van der Waals surface area contributed by atoms with E-state index in [4.69, 9.17) is 5.11 Å². The number of aliphatic hydroxyl groups is 1. The van der Waals surface area contributed by atoms with Crippen LogP contribution < -0.4 is 0 Å². The average Bonchev–Trinajstić information content (AvgIpc) is 2.66. The predicted octanol–water partition coefficient (Wildman–Crippen LogP) is 0.795. The number of nitrogens with zero attached hydrogens (tertiary/aromatic N) is 3. The molecule has 0 radical (unpaired) electrons. The SMILES string of the molecule is Cc1nc2ccccc2n1CC(=O)N(C)CCO. The Morgan fingerprint density at radius 3 is 2.89 bits per heavy atom. The largest absolute Gasteiger partial charge is 0.395 e. The van der Waals surface area contributed by atoms with Gasteiger partial charge in [0.2, 0.25) is 5.91 Å². The Kier molecular flexibility index (Phi) is 3.62. The van der Waals surface area contributed by atoms with Crippen molar-refractivity contribution in [3.8, 4) is 0 Å². The molecule has 0 atom stereocenters. The number of aromatic nitrogens is 2. The fourth-order valence-corrected chi connectivity index (χ4v) is 1.93. The number of likely N-dealkylation sites (N-methyl/N-ethyl adjacent to an activating group) is 1. The van der Waals surface area contributed by atoms with E-state index >= 15 is 0 Å². The van der Waals surface area contributed by atoms with Gasteiger partial charge in [0, 0.05) is 13.6 Å². The van der Waals surface area contributed by atoms with E-state index < -0.39 is 0 Å². The molecule has 1 N–H and O–H groups in total. The van der Waals surface area contributed by atoms with Crippen molar-refractivity contribution in [2.75, 3.05) is 20.2 Å². The minimum Gasteiger partial charge on any atom is -0.395 e. The minimum atomic E-state index is -0.0321. The summed E-state index contributed by atoms with van der Waals surface area (Å²) in [5.41, 5.74) is 1.85. The Morgan fingerprint density at radius 1 is 1.44 bits per heavy atom. The summed E-state index contributed by atoms with van der Waals surface area (Å²) in [5.74, 6) is 0.789. The number of aliphatic hydroxyl groups excluding tert-OH is 1. The molecule has 0 saturated heterocycles. The molecule has 96 valence electrons. The molecule has 1 aromatic carbocycles. The molecule has 0 fully saturated rings. The van der Waals surface area contributed by atoms with Crippen molar-refractivity contribution in [2.45, 2.75) is 13.5 Å². The van der Waals surface area contributed by atoms with E-state index in [-0.39, 0.29) is 19.1 Å². The van der Waals surface area contributed by atoms with Crippen LogP contribution in [0.5, 0.6) is 0 Å². The molecule has 5 nitrogen and oxygen atoms in total. The number of rotatable bonds is 4. The fraction of sp³-hybridized carbons (Fsp3) is 0.385. The highest BCUT2D eigenvalue weighted by Gasteiger charge is 2.13. The second-order valence-corrected chi connectivity index (χ2v) is 4.27. The third-order valence-electron chi connectivity index (χ3n) is 3.00. The molecular weight excluding hydrogens is 230 g/mol. The van der Waals surface area contributed by atoms with Crippen LogP contribution in [-0.4, -0.2) is 45.7 Å². The van der Waals surface area contributed by atoms with Crippen LogP contribution in [0.25, 0.3) is 11.0 Å². The van der Waals surface area contributed by atoms with E-state index in [9.17, 15) is 4.79 Å². The lowest BCUT2D eigenvalue weighted by Gasteiger charge is -2.16. The maximum atomic E-state index is 12.0. The maximum Gasteiger partial charge on any atom is 0.242 e. The van der Waals surface area contributed by atoms with Gasteiger partial charge in [-0.3, -0.25) is 4.79 Å². The summed E-state index contributed by atoms with van der Waals surface area (Å²) in [6.07, 6.45) is 0. The Labute approximate surface area is 106 Å². The van der Waals surface area contributed by atoms with Crippen LogP contribution in [0.4, 0.5) is 0 Å². The highest BCUT2D eigenvalue weighted by Crippen LogP contribution is 2.15. The zero-order valence-corrected chi connectivity index (χ0v) is 10.6. The molecule has 18 heavy (non-hydrogen) atoms. The first-order valence-corrected chi connectivity index (χ1v) is 5.90. The molecule has 2 aromatic rings. The summed E-state index contributed by atoms with van der Waals surface area (Å²) in [7, 11) is 1.69. The normalized spacial score (nSPS) is 10.8. The van der Waals surface area contributed by atoms with Gasteiger partial charge < -0.3 is 14.6 Å². The van der Waals surface area contributed by atoms with E-state index in [2.05, 4.69) is 4.98 Å². The first-order chi connectivity index (χ1) is 8.63. The van der Waals surface area contributed by atoms with Gasteiger partial charge in [-0.1, -0.05) is 12.1 Å². The molecule has 1 aromatic heterocycles. The van der Waals surface area contributed by atoms with Crippen molar-refractivity contribution in [3.63, 3.8) is 0 Å². The zero-order chi connectivity index (χ0) is 13.1. The molecule has 0 aliphatic heterocycles. The molecule has 0 aliphatic rings. The maximum absolute atomic E-state index is 12.0. The number of benzene rings is 1. The average molecular weight is 247 g/mol. The molecule has 5 heteroatoms.